The Hall–Kier alpha value is -0.160. The summed E-state index contributed by atoms with van der Waals surface area (Å²) in [5, 5.41) is 3.36. The highest BCUT2D eigenvalue weighted by atomic mass is 35.5. The fourth-order valence-corrected chi connectivity index (χ4v) is 2.85. The smallest absolute Gasteiger partial charge is 0.0968 e. The zero-order valence-electron chi connectivity index (χ0n) is 8.76. The number of thiazole rings is 1. The molecule has 1 fully saturated rings. The van der Waals surface area contributed by atoms with Crippen LogP contribution in [0.25, 0.3) is 0 Å². The van der Waals surface area contributed by atoms with E-state index in [0.717, 1.165) is 19.6 Å². The van der Waals surface area contributed by atoms with Crippen LogP contribution in [0.1, 0.15) is 23.8 Å². The molecule has 15 heavy (non-hydrogen) atoms. The number of likely N-dealkylation sites (tertiary alicyclic amines) is 1. The maximum atomic E-state index is 5.57. The van der Waals surface area contributed by atoms with Crippen LogP contribution in [0.2, 0.25) is 0 Å². The van der Waals surface area contributed by atoms with E-state index in [9.17, 15) is 0 Å². The Bertz CT molecular complexity index is 264. The first-order valence-electron chi connectivity index (χ1n) is 5.22. The molecule has 0 bridgehead atoms. The Morgan fingerprint density at radius 1 is 1.60 bits per heavy atom. The van der Waals surface area contributed by atoms with Gasteiger partial charge in [-0.05, 0) is 19.4 Å². The Morgan fingerprint density at radius 2 is 2.47 bits per heavy atom. The van der Waals surface area contributed by atoms with Gasteiger partial charge in [-0.25, -0.2) is 4.98 Å². The summed E-state index contributed by atoms with van der Waals surface area (Å²) in [5.74, 6) is 0.648. The van der Waals surface area contributed by atoms with Crippen molar-refractivity contribution in [2.24, 2.45) is 5.73 Å². The van der Waals surface area contributed by atoms with Gasteiger partial charge in [0.25, 0.3) is 0 Å². The van der Waals surface area contributed by atoms with Crippen molar-refractivity contribution in [2.75, 3.05) is 26.2 Å². The molecule has 2 rings (SSSR count). The zero-order chi connectivity index (χ0) is 9.80. The van der Waals surface area contributed by atoms with E-state index in [2.05, 4.69) is 15.3 Å². The van der Waals surface area contributed by atoms with Crippen molar-refractivity contribution in [2.45, 2.75) is 18.8 Å². The standard InChI is InChI=1S/C10H17N3S.ClH/c11-3-6-13-5-1-2-9(8-13)10-12-4-7-14-10;/h4,7,9H,1-3,5-6,8,11H2;1H. The predicted molar refractivity (Wildman–Crippen MR) is 66.8 cm³/mol. The van der Waals surface area contributed by atoms with Gasteiger partial charge in [0.05, 0.1) is 5.01 Å². The Morgan fingerprint density at radius 3 is 3.13 bits per heavy atom. The molecule has 0 aliphatic carbocycles. The van der Waals surface area contributed by atoms with Crippen LogP contribution in [0.3, 0.4) is 0 Å². The highest BCUT2D eigenvalue weighted by Gasteiger charge is 2.22. The monoisotopic (exact) mass is 247 g/mol. The van der Waals surface area contributed by atoms with Gasteiger partial charge >= 0.3 is 0 Å². The molecule has 0 saturated carbocycles. The molecule has 0 radical (unpaired) electrons. The normalized spacial score (nSPS) is 22.3. The summed E-state index contributed by atoms with van der Waals surface area (Å²) in [7, 11) is 0. The van der Waals surface area contributed by atoms with Gasteiger partial charge in [0.2, 0.25) is 0 Å². The van der Waals surface area contributed by atoms with Gasteiger partial charge in [0, 0.05) is 37.1 Å². The predicted octanol–water partition coefficient (Wildman–Crippen LogP) is 1.70. The van der Waals surface area contributed by atoms with Crippen molar-refractivity contribution in [1.82, 2.24) is 9.88 Å². The largest absolute Gasteiger partial charge is 0.329 e. The second-order valence-corrected chi connectivity index (χ2v) is 4.72. The Balaban J connectivity index is 0.00000112. The maximum absolute atomic E-state index is 5.57. The third-order valence-electron chi connectivity index (χ3n) is 2.75. The summed E-state index contributed by atoms with van der Waals surface area (Å²) in [6.07, 6.45) is 4.47. The highest BCUT2D eigenvalue weighted by Crippen LogP contribution is 2.27. The average Bonchev–Trinajstić information content (AvgIpc) is 2.71. The molecule has 2 heterocycles. The van der Waals surface area contributed by atoms with Gasteiger partial charge in [0.15, 0.2) is 0 Å². The molecule has 0 aromatic carbocycles. The van der Waals surface area contributed by atoms with Crippen LogP contribution in [0.15, 0.2) is 11.6 Å². The number of nitrogens with zero attached hydrogens (tertiary/aromatic N) is 2. The molecule has 1 aliphatic rings. The molecule has 1 aliphatic heterocycles. The van der Waals surface area contributed by atoms with Crippen LogP contribution < -0.4 is 5.73 Å². The molecule has 1 atom stereocenters. The first kappa shape index (κ1) is 12.9. The minimum atomic E-state index is 0. The molecule has 3 nitrogen and oxygen atoms in total. The van der Waals surface area contributed by atoms with E-state index >= 15 is 0 Å². The van der Waals surface area contributed by atoms with Crippen molar-refractivity contribution in [3.63, 3.8) is 0 Å². The summed E-state index contributed by atoms with van der Waals surface area (Å²) in [5.41, 5.74) is 5.57. The molecule has 1 saturated heterocycles. The third kappa shape index (κ3) is 3.41. The number of aromatic nitrogens is 1. The van der Waals surface area contributed by atoms with Gasteiger partial charge in [-0.3, -0.25) is 0 Å². The molecule has 1 aromatic rings. The minimum absolute atomic E-state index is 0. The SMILES string of the molecule is Cl.NCCN1CCCC(c2nccs2)C1. The Labute approximate surface area is 101 Å². The summed E-state index contributed by atoms with van der Waals surface area (Å²) in [4.78, 5) is 6.85. The topological polar surface area (TPSA) is 42.1 Å². The van der Waals surface area contributed by atoms with E-state index in [1.165, 1.54) is 24.4 Å². The molecule has 2 N–H and O–H groups in total. The van der Waals surface area contributed by atoms with Crippen LogP contribution in [0.4, 0.5) is 0 Å². The average molecular weight is 248 g/mol. The minimum Gasteiger partial charge on any atom is -0.329 e. The lowest BCUT2D eigenvalue weighted by Gasteiger charge is -2.31. The van der Waals surface area contributed by atoms with Crippen LogP contribution in [-0.2, 0) is 0 Å². The van der Waals surface area contributed by atoms with E-state index < -0.39 is 0 Å². The van der Waals surface area contributed by atoms with Gasteiger partial charge in [0.1, 0.15) is 0 Å². The van der Waals surface area contributed by atoms with Crippen molar-refractivity contribution in [3.8, 4) is 0 Å². The molecule has 0 spiro atoms. The number of rotatable bonds is 3. The first-order valence-corrected chi connectivity index (χ1v) is 6.10. The molecule has 1 unspecified atom stereocenters. The second kappa shape index (κ2) is 6.43. The first-order chi connectivity index (χ1) is 6.90. The van der Waals surface area contributed by atoms with Gasteiger partial charge in [-0.15, -0.1) is 23.7 Å². The van der Waals surface area contributed by atoms with E-state index in [1.807, 2.05) is 6.20 Å². The lowest BCUT2D eigenvalue weighted by atomic mass is 9.99. The van der Waals surface area contributed by atoms with E-state index in [4.69, 9.17) is 5.73 Å². The lowest BCUT2D eigenvalue weighted by Crippen LogP contribution is -2.37. The molecule has 86 valence electrons. The van der Waals surface area contributed by atoms with Crippen molar-refractivity contribution < 1.29 is 0 Å². The number of halogens is 1. The lowest BCUT2D eigenvalue weighted by molar-refractivity contribution is 0.213. The van der Waals surface area contributed by atoms with Crippen molar-refractivity contribution in [3.05, 3.63) is 16.6 Å². The summed E-state index contributed by atoms with van der Waals surface area (Å²) >= 11 is 1.78. The maximum Gasteiger partial charge on any atom is 0.0968 e. The van der Waals surface area contributed by atoms with Gasteiger partial charge in [-0.2, -0.15) is 0 Å². The van der Waals surface area contributed by atoms with Crippen molar-refractivity contribution >= 4 is 23.7 Å². The van der Waals surface area contributed by atoms with E-state index in [0.29, 0.717) is 5.92 Å². The molecular formula is C10H18ClN3S. The molecule has 5 heteroatoms. The summed E-state index contributed by atoms with van der Waals surface area (Å²) in [6, 6.07) is 0. The van der Waals surface area contributed by atoms with Gasteiger partial charge < -0.3 is 10.6 Å². The number of hydrogen-bond donors (Lipinski definition) is 1. The summed E-state index contributed by atoms with van der Waals surface area (Å²) < 4.78 is 0. The Kier molecular flexibility index (Phi) is 5.53. The van der Waals surface area contributed by atoms with E-state index in [-0.39, 0.29) is 12.4 Å². The van der Waals surface area contributed by atoms with Crippen LogP contribution in [0.5, 0.6) is 0 Å². The zero-order valence-corrected chi connectivity index (χ0v) is 10.4. The van der Waals surface area contributed by atoms with Crippen LogP contribution in [-0.4, -0.2) is 36.1 Å². The number of hydrogen-bond acceptors (Lipinski definition) is 4. The van der Waals surface area contributed by atoms with Crippen molar-refractivity contribution in [1.29, 1.82) is 0 Å². The molecular weight excluding hydrogens is 230 g/mol. The van der Waals surface area contributed by atoms with Crippen LogP contribution in [0, 0.1) is 0 Å². The third-order valence-corrected chi connectivity index (χ3v) is 3.69. The van der Waals surface area contributed by atoms with Crippen LogP contribution >= 0.6 is 23.7 Å². The second-order valence-electron chi connectivity index (χ2n) is 3.80. The molecule has 0 amide bonds. The highest BCUT2D eigenvalue weighted by molar-refractivity contribution is 7.09. The van der Waals surface area contributed by atoms with Gasteiger partial charge in [-0.1, -0.05) is 0 Å². The quantitative estimate of drug-likeness (QED) is 0.884. The fraction of sp³-hybridized carbons (Fsp3) is 0.700. The van der Waals surface area contributed by atoms with E-state index in [1.54, 1.807) is 11.3 Å². The number of piperidine rings is 1. The number of nitrogens with two attached hydrogens (primary N) is 1. The molecule has 1 aromatic heterocycles. The summed E-state index contributed by atoms with van der Waals surface area (Å²) in [6.45, 7) is 4.15. The fourth-order valence-electron chi connectivity index (χ4n) is 2.08.